The van der Waals surface area contributed by atoms with Crippen LogP contribution in [0.3, 0.4) is 0 Å². The maximum Gasteiger partial charge on any atom is 0.253 e. The summed E-state index contributed by atoms with van der Waals surface area (Å²) in [4.78, 5) is 13.2. The number of nitrogens with zero attached hydrogens (tertiary/aromatic N) is 1. The van der Waals surface area contributed by atoms with Crippen LogP contribution in [0, 0.1) is 6.92 Å². The highest BCUT2D eigenvalue weighted by molar-refractivity contribution is 8.00. The number of hydrogen-bond donors (Lipinski definition) is 1. The second-order valence-electron chi connectivity index (χ2n) is 6.79. The lowest BCUT2D eigenvalue weighted by Gasteiger charge is -2.09. The molecule has 154 valence electrons. The molecule has 0 aromatic heterocycles. The molecule has 0 spiro atoms. The van der Waals surface area contributed by atoms with Crippen LogP contribution in [0.1, 0.15) is 23.6 Å². The molecule has 3 aromatic carbocycles. The van der Waals surface area contributed by atoms with Crippen LogP contribution in [0.2, 0.25) is 5.02 Å². The molecule has 4 nitrogen and oxygen atoms in total. The van der Waals surface area contributed by atoms with E-state index in [9.17, 15) is 4.79 Å². The number of halogens is 1. The molecule has 0 radical (unpaired) electrons. The van der Waals surface area contributed by atoms with Gasteiger partial charge in [0.25, 0.3) is 5.91 Å². The van der Waals surface area contributed by atoms with Gasteiger partial charge < -0.3 is 4.74 Å². The predicted molar refractivity (Wildman–Crippen MR) is 124 cm³/mol. The highest BCUT2D eigenvalue weighted by Crippen LogP contribution is 2.24. The Hall–Kier alpha value is -2.76. The molecule has 6 heteroatoms. The number of carbonyl (C=O) groups is 1. The highest BCUT2D eigenvalue weighted by Gasteiger charge is 2.13. The van der Waals surface area contributed by atoms with Gasteiger partial charge in [0, 0.05) is 9.92 Å². The summed E-state index contributed by atoms with van der Waals surface area (Å²) in [7, 11) is 0. The topological polar surface area (TPSA) is 50.7 Å². The largest absolute Gasteiger partial charge is 0.489 e. The Kier molecular flexibility index (Phi) is 7.94. The SMILES string of the molecule is Cc1ccc(COc2ccc(/C=N\NC(=O)[C@@H](C)Sc3ccc(Cl)cc3)cc2)cc1. The molecule has 0 aliphatic carbocycles. The Balaban J connectivity index is 1.45. The molecule has 0 aliphatic heterocycles. The van der Waals surface area contributed by atoms with Gasteiger partial charge in [-0.25, -0.2) is 5.43 Å². The monoisotopic (exact) mass is 438 g/mol. The summed E-state index contributed by atoms with van der Waals surface area (Å²) in [5, 5.41) is 4.45. The molecule has 30 heavy (non-hydrogen) atoms. The number of rotatable bonds is 8. The Morgan fingerprint density at radius 2 is 1.73 bits per heavy atom. The normalized spacial score (nSPS) is 12.0. The van der Waals surface area contributed by atoms with Crippen molar-refractivity contribution in [3.05, 3.63) is 94.5 Å². The van der Waals surface area contributed by atoms with E-state index in [2.05, 4.69) is 41.7 Å². The first kappa shape index (κ1) is 21.9. The zero-order valence-electron chi connectivity index (χ0n) is 16.8. The van der Waals surface area contributed by atoms with E-state index in [4.69, 9.17) is 16.3 Å². The standard InChI is InChI=1S/C24H23ClN2O2S/c1-17-3-5-20(6-4-17)16-29-22-11-7-19(8-12-22)15-26-27-24(28)18(2)30-23-13-9-21(25)10-14-23/h3-15,18H,16H2,1-2H3,(H,27,28)/b26-15-/t18-/m1/s1. The Labute approximate surface area is 186 Å². The van der Waals surface area contributed by atoms with Crippen LogP contribution in [-0.4, -0.2) is 17.4 Å². The smallest absolute Gasteiger partial charge is 0.253 e. The van der Waals surface area contributed by atoms with E-state index in [1.54, 1.807) is 18.3 Å². The van der Waals surface area contributed by atoms with Gasteiger partial charge in [0.2, 0.25) is 0 Å². The van der Waals surface area contributed by atoms with Gasteiger partial charge in [-0.2, -0.15) is 5.10 Å². The van der Waals surface area contributed by atoms with Crippen molar-refractivity contribution in [2.24, 2.45) is 5.10 Å². The Bertz CT molecular complexity index is 987. The van der Waals surface area contributed by atoms with E-state index in [-0.39, 0.29) is 11.2 Å². The number of thioether (sulfide) groups is 1. The predicted octanol–water partition coefficient (Wildman–Crippen LogP) is 5.86. The summed E-state index contributed by atoms with van der Waals surface area (Å²) in [5.41, 5.74) is 5.81. The fraction of sp³-hybridized carbons (Fsp3) is 0.167. The number of amides is 1. The van der Waals surface area contributed by atoms with E-state index in [1.165, 1.54) is 17.3 Å². The maximum absolute atomic E-state index is 12.2. The van der Waals surface area contributed by atoms with Crippen molar-refractivity contribution in [1.29, 1.82) is 0 Å². The summed E-state index contributed by atoms with van der Waals surface area (Å²) in [6.07, 6.45) is 1.61. The number of hydrogen-bond acceptors (Lipinski definition) is 4. The van der Waals surface area contributed by atoms with Gasteiger partial charge in [-0.05, 0) is 73.5 Å². The lowest BCUT2D eigenvalue weighted by atomic mass is 10.2. The van der Waals surface area contributed by atoms with Crippen molar-refractivity contribution < 1.29 is 9.53 Å². The number of nitrogens with one attached hydrogen (secondary N) is 1. The first-order chi connectivity index (χ1) is 14.5. The van der Waals surface area contributed by atoms with Crippen LogP contribution >= 0.6 is 23.4 Å². The van der Waals surface area contributed by atoms with Gasteiger partial charge in [-0.3, -0.25) is 4.79 Å². The third-order valence-electron chi connectivity index (χ3n) is 4.29. The van der Waals surface area contributed by atoms with Crippen molar-refractivity contribution in [1.82, 2.24) is 5.43 Å². The first-order valence-corrected chi connectivity index (χ1v) is 10.8. The van der Waals surface area contributed by atoms with Crippen LogP contribution < -0.4 is 10.2 Å². The average molecular weight is 439 g/mol. The second kappa shape index (κ2) is 10.9. The first-order valence-electron chi connectivity index (χ1n) is 9.53. The lowest BCUT2D eigenvalue weighted by molar-refractivity contribution is -0.120. The van der Waals surface area contributed by atoms with Crippen molar-refractivity contribution >= 4 is 35.5 Å². The fourth-order valence-electron chi connectivity index (χ4n) is 2.53. The zero-order valence-corrected chi connectivity index (χ0v) is 18.4. The Morgan fingerprint density at radius 1 is 1.07 bits per heavy atom. The van der Waals surface area contributed by atoms with Crippen LogP contribution in [0.5, 0.6) is 5.75 Å². The second-order valence-corrected chi connectivity index (χ2v) is 8.64. The summed E-state index contributed by atoms with van der Waals surface area (Å²) < 4.78 is 5.80. The molecule has 3 aromatic rings. The molecule has 0 bridgehead atoms. The number of ether oxygens (including phenoxy) is 1. The molecule has 1 atom stereocenters. The number of aryl methyl sites for hydroxylation is 1. The van der Waals surface area contributed by atoms with Gasteiger partial charge in [-0.15, -0.1) is 11.8 Å². The molecule has 1 amide bonds. The molecule has 0 unspecified atom stereocenters. The summed E-state index contributed by atoms with van der Waals surface area (Å²) in [6, 6.07) is 23.2. The van der Waals surface area contributed by atoms with E-state index < -0.39 is 0 Å². The molecule has 0 heterocycles. The molecule has 0 saturated carbocycles. The van der Waals surface area contributed by atoms with Gasteiger partial charge in [0.15, 0.2) is 0 Å². The third kappa shape index (κ3) is 6.94. The maximum atomic E-state index is 12.2. The molecule has 0 saturated heterocycles. The van der Waals surface area contributed by atoms with Crippen LogP contribution in [-0.2, 0) is 11.4 Å². The molecule has 0 fully saturated rings. The van der Waals surface area contributed by atoms with Crippen molar-refractivity contribution in [2.45, 2.75) is 30.6 Å². The number of hydrazone groups is 1. The van der Waals surface area contributed by atoms with Crippen molar-refractivity contribution in [3.63, 3.8) is 0 Å². The summed E-state index contributed by atoms with van der Waals surface area (Å²) in [5.74, 6) is 0.619. The summed E-state index contributed by atoms with van der Waals surface area (Å²) in [6.45, 7) is 4.42. The lowest BCUT2D eigenvalue weighted by Crippen LogP contribution is -2.26. The van der Waals surface area contributed by atoms with Crippen LogP contribution in [0.4, 0.5) is 0 Å². The van der Waals surface area contributed by atoms with Crippen LogP contribution in [0.25, 0.3) is 0 Å². The molecular weight excluding hydrogens is 416 g/mol. The molecule has 3 rings (SSSR count). The van der Waals surface area contributed by atoms with E-state index in [0.29, 0.717) is 11.6 Å². The van der Waals surface area contributed by atoms with E-state index >= 15 is 0 Å². The van der Waals surface area contributed by atoms with Gasteiger partial charge in [-0.1, -0.05) is 41.4 Å². The average Bonchev–Trinajstić information content (AvgIpc) is 2.76. The van der Waals surface area contributed by atoms with Crippen molar-refractivity contribution in [2.75, 3.05) is 0 Å². The highest BCUT2D eigenvalue weighted by atomic mass is 35.5. The molecule has 1 N–H and O–H groups in total. The van der Waals surface area contributed by atoms with Crippen LogP contribution in [0.15, 0.2) is 82.8 Å². The third-order valence-corrected chi connectivity index (χ3v) is 5.65. The minimum Gasteiger partial charge on any atom is -0.489 e. The minimum atomic E-state index is -0.277. The van der Waals surface area contributed by atoms with Gasteiger partial charge in [0.05, 0.1) is 11.5 Å². The molecular formula is C24H23ClN2O2S. The molecule has 0 aliphatic rings. The number of benzene rings is 3. The van der Waals surface area contributed by atoms with E-state index in [0.717, 1.165) is 21.8 Å². The fourth-order valence-corrected chi connectivity index (χ4v) is 3.52. The quantitative estimate of drug-likeness (QED) is 0.272. The zero-order chi connectivity index (χ0) is 21.3. The van der Waals surface area contributed by atoms with Crippen molar-refractivity contribution in [3.8, 4) is 5.75 Å². The van der Waals surface area contributed by atoms with E-state index in [1.807, 2.05) is 43.3 Å². The summed E-state index contributed by atoms with van der Waals surface area (Å²) >= 11 is 7.33. The minimum absolute atomic E-state index is 0.163. The van der Waals surface area contributed by atoms with Gasteiger partial charge >= 0.3 is 0 Å². The van der Waals surface area contributed by atoms with Gasteiger partial charge in [0.1, 0.15) is 12.4 Å². The number of carbonyl (C=O) groups excluding carboxylic acids is 1. The Morgan fingerprint density at radius 3 is 2.40 bits per heavy atom.